The monoisotopic (exact) mass is 330 g/mol. The summed E-state index contributed by atoms with van der Waals surface area (Å²) in [6, 6.07) is 19.9. The number of halogens is 1. The summed E-state index contributed by atoms with van der Waals surface area (Å²) < 4.78 is 11.1. The molecule has 0 saturated carbocycles. The molecule has 112 valence electrons. The fourth-order valence-electron chi connectivity index (χ4n) is 2.15. The summed E-state index contributed by atoms with van der Waals surface area (Å²) in [5.74, 6) is 2.18. The Balaban J connectivity index is 1.80. The summed E-state index contributed by atoms with van der Waals surface area (Å²) in [6.07, 6.45) is 0. The third-order valence-electron chi connectivity index (χ3n) is 3.21. The number of thioether (sulfide) groups is 1. The lowest BCUT2D eigenvalue weighted by atomic mass is 10.1. The molecular weight excluding hydrogens is 316 g/mol. The van der Waals surface area contributed by atoms with Gasteiger partial charge in [0.25, 0.3) is 5.95 Å². The minimum atomic E-state index is 0.533. The van der Waals surface area contributed by atoms with Crippen molar-refractivity contribution < 1.29 is 9.15 Å². The molecule has 0 N–H and O–H groups in total. The first-order valence-electron chi connectivity index (χ1n) is 6.87. The predicted molar refractivity (Wildman–Crippen MR) is 91.7 cm³/mol. The summed E-state index contributed by atoms with van der Waals surface area (Å²) in [4.78, 5) is 1.21. The smallest absolute Gasteiger partial charge is 0.292 e. The maximum Gasteiger partial charge on any atom is 0.292 e. The average molecular weight is 331 g/mol. The summed E-state index contributed by atoms with van der Waals surface area (Å²) >= 11 is 7.67. The Morgan fingerprint density at radius 3 is 2.45 bits per heavy atom. The number of methoxy groups -OCH3 is 1. The van der Waals surface area contributed by atoms with Gasteiger partial charge in [0.15, 0.2) is 0 Å². The molecule has 0 bridgehead atoms. The van der Waals surface area contributed by atoms with Gasteiger partial charge < -0.3 is 9.15 Å². The number of rotatable bonds is 5. The van der Waals surface area contributed by atoms with Crippen molar-refractivity contribution in [2.75, 3.05) is 7.11 Å². The van der Waals surface area contributed by atoms with Gasteiger partial charge in [-0.3, -0.25) is 0 Å². The van der Waals surface area contributed by atoms with Crippen molar-refractivity contribution in [3.8, 4) is 17.1 Å². The number of hydrogen-bond donors (Lipinski definition) is 0. The standard InChI is InChI=1S/C18H15ClO2S/c1-20-18-17(13-7-9-14(19)10-8-13)11-15(21-18)12-22-16-5-3-2-4-6-16/h2-11H,12H2,1H3. The minimum Gasteiger partial charge on any atom is -0.468 e. The zero-order valence-electron chi connectivity index (χ0n) is 12.1. The Kier molecular flexibility index (Phi) is 4.76. The van der Waals surface area contributed by atoms with Crippen LogP contribution in [0.4, 0.5) is 0 Å². The molecule has 0 aliphatic carbocycles. The summed E-state index contributed by atoms with van der Waals surface area (Å²) in [7, 11) is 1.62. The van der Waals surface area contributed by atoms with Crippen LogP contribution in [0, 0.1) is 0 Å². The Morgan fingerprint density at radius 2 is 1.77 bits per heavy atom. The van der Waals surface area contributed by atoms with Gasteiger partial charge in [-0.05, 0) is 35.9 Å². The first-order chi connectivity index (χ1) is 10.8. The van der Waals surface area contributed by atoms with Crippen LogP contribution in [0.3, 0.4) is 0 Å². The maximum absolute atomic E-state index is 5.94. The molecule has 2 nitrogen and oxygen atoms in total. The summed E-state index contributed by atoms with van der Waals surface area (Å²) in [5, 5.41) is 0.714. The van der Waals surface area contributed by atoms with Crippen LogP contribution in [0.2, 0.25) is 5.02 Å². The fourth-order valence-corrected chi connectivity index (χ4v) is 3.07. The molecule has 0 unspecified atom stereocenters. The molecule has 0 fully saturated rings. The van der Waals surface area contributed by atoms with Crippen LogP contribution in [0.25, 0.3) is 11.1 Å². The number of ether oxygens (including phenoxy) is 1. The first-order valence-corrected chi connectivity index (χ1v) is 8.23. The van der Waals surface area contributed by atoms with Crippen LogP contribution in [0.15, 0.2) is 70.0 Å². The zero-order chi connectivity index (χ0) is 15.4. The van der Waals surface area contributed by atoms with E-state index in [1.807, 2.05) is 48.5 Å². The third kappa shape index (κ3) is 3.49. The van der Waals surface area contributed by atoms with Crippen molar-refractivity contribution in [2.45, 2.75) is 10.6 Å². The molecule has 3 rings (SSSR count). The molecule has 3 aromatic rings. The fraction of sp³-hybridized carbons (Fsp3) is 0.111. The van der Waals surface area contributed by atoms with Gasteiger partial charge in [0.1, 0.15) is 5.76 Å². The molecule has 0 atom stereocenters. The van der Waals surface area contributed by atoms with E-state index in [0.29, 0.717) is 11.0 Å². The maximum atomic E-state index is 5.94. The zero-order valence-corrected chi connectivity index (χ0v) is 13.7. The Hall–Kier alpha value is -1.84. The molecule has 0 aliphatic rings. The number of furan rings is 1. The average Bonchev–Trinajstić information content (AvgIpc) is 2.98. The van der Waals surface area contributed by atoms with Crippen LogP contribution in [-0.2, 0) is 5.75 Å². The van der Waals surface area contributed by atoms with Crippen molar-refractivity contribution in [3.05, 3.63) is 71.4 Å². The van der Waals surface area contributed by atoms with Crippen molar-refractivity contribution in [1.82, 2.24) is 0 Å². The molecule has 0 amide bonds. The van der Waals surface area contributed by atoms with Crippen LogP contribution in [0.5, 0.6) is 5.95 Å². The molecule has 1 aromatic heterocycles. The van der Waals surface area contributed by atoms with Gasteiger partial charge in [-0.15, -0.1) is 11.8 Å². The highest BCUT2D eigenvalue weighted by Crippen LogP contribution is 2.36. The highest BCUT2D eigenvalue weighted by atomic mass is 35.5. The quantitative estimate of drug-likeness (QED) is 0.544. The highest BCUT2D eigenvalue weighted by molar-refractivity contribution is 7.98. The second kappa shape index (κ2) is 6.95. The van der Waals surface area contributed by atoms with E-state index in [4.69, 9.17) is 20.8 Å². The first kappa shape index (κ1) is 15.1. The van der Waals surface area contributed by atoms with E-state index in [1.54, 1.807) is 18.9 Å². The van der Waals surface area contributed by atoms with E-state index in [0.717, 1.165) is 22.6 Å². The Bertz CT molecular complexity index is 736. The van der Waals surface area contributed by atoms with Gasteiger partial charge in [-0.1, -0.05) is 41.9 Å². The topological polar surface area (TPSA) is 22.4 Å². The molecule has 0 aliphatic heterocycles. The normalized spacial score (nSPS) is 10.6. The minimum absolute atomic E-state index is 0.533. The van der Waals surface area contributed by atoms with Gasteiger partial charge in [-0.2, -0.15) is 0 Å². The van der Waals surface area contributed by atoms with Gasteiger partial charge >= 0.3 is 0 Å². The molecule has 0 radical (unpaired) electrons. The number of benzene rings is 2. The molecule has 4 heteroatoms. The van der Waals surface area contributed by atoms with Gasteiger partial charge in [0.05, 0.1) is 18.4 Å². The van der Waals surface area contributed by atoms with Gasteiger partial charge in [0, 0.05) is 9.92 Å². The largest absolute Gasteiger partial charge is 0.468 e. The second-order valence-corrected chi connectivity index (χ2v) is 6.21. The van der Waals surface area contributed by atoms with Crippen molar-refractivity contribution in [1.29, 1.82) is 0 Å². The molecule has 0 saturated heterocycles. The molecule has 2 aromatic carbocycles. The Labute approximate surface area is 139 Å². The van der Waals surface area contributed by atoms with Crippen LogP contribution >= 0.6 is 23.4 Å². The van der Waals surface area contributed by atoms with Crippen molar-refractivity contribution in [2.24, 2.45) is 0 Å². The third-order valence-corrected chi connectivity index (χ3v) is 4.50. The lowest BCUT2D eigenvalue weighted by Crippen LogP contribution is -1.82. The van der Waals surface area contributed by atoms with Gasteiger partial charge in [-0.25, -0.2) is 0 Å². The van der Waals surface area contributed by atoms with Crippen LogP contribution in [0.1, 0.15) is 5.76 Å². The van der Waals surface area contributed by atoms with Crippen LogP contribution < -0.4 is 4.74 Å². The van der Waals surface area contributed by atoms with E-state index < -0.39 is 0 Å². The Morgan fingerprint density at radius 1 is 1.05 bits per heavy atom. The SMILES string of the molecule is COc1oc(CSc2ccccc2)cc1-c1ccc(Cl)cc1. The summed E-state index contributed by atoms with van der Waals surface area (Å²) in [6.45, 7) is 0. The number of hydrogen-bond acceptors (Lipinski definition) is 3. The predicted octanol–water partition coefficient (Wildman–Crippen LogP) is 5.90. The van der Waals surface area contributed by atoms with E-state index in [2.05, 4.69) is 12.1 Å². The molecule has 0 spiro atoms. The molecule has 22 heavy (non-hydrogen) atoms. The lowest BCUT2D eigenvalue weighted by Gasteiger charge is -2.00. The highest BCUT2D eigenvalue weighted by Gasteiger charge is 2.14. The molecular formula is C18H15ClO2S. The summed E-state index contributed by atoms with van der Waals surface area (Å²) in [5.41, 5.74) is 1.98. The van der Waals surface area contributed by atoms with Gasteiger partial charge in [0.2, 0.25) is 0 Å². The van der Waals surface area contributed by atoms with E-state index in [9.17, 15) is 0 Å². The van der Waals surface area contributed by atoms with E-state index >= 15 is 0 Å². The lowest BCUT2D eigenvalue weighted by molar-refractivity contribution is 0.299. The van der Waals surface area contributed by atoms with E-state index in [1.165, 1.54) is 4.90 Å². The van der Waals surface area contributed by atoms with Crippen molar-refractivity contribution in [3.63, 3.8) is 0 Å². The second-order valence-electron chi connectivity index (χ2n) is 4.73. The van der Waals surface area contributed by atoms with Crippen molar-refractivity contribution >= 4 is 23.4 Å². The molecule has 1 heterocycles. The van der Waals surface area contributed by atoms with Crippen LogP contribution in [-0.4, -0.2) is 7.11 Å². The van der Waals surface area contributed by atoms with E-state index in [-0.39, 0.29) is 0 Å².